The van der Waals surface area contributed by atoms with Crippen molar-refractivity contribution in [3.63, 3.8) is 0 Å². The van der Waals surface area contributed by atoms with Crippen LogP contribution in [0, 0.1) is 11.3 Å². The second kappa shape index (κ2) is 4.47. The second-order valence-electron chi connectivity index (χ2n) is 3.10. The summed E-state index contributed by atoms with van der Waals surface area (Å²) in [5, 5.41) is 9.08. The predicted octanol–water partition coefficient (Wildman–Crippen LogP) is 2.83. The van der Waals surface area contributed by atoms with Crippen molar-refractivity contribution in [2.45, 2.75) is 0 Å². The van der Waals surface area contributed by atoms with E-state index in [-0.39, 0.29) is 0 Å². The summed E-state index contributed by atoms with van der Waals surface area (Å²) in [6.45, 7) is 0. The van der Waals surface area contributed by atoms with E-state index >= 15 is 0 Å². The van der Waals surface area contributed by atoms with Crippen LogP contribution in [-0.2, 0) is 0 Å². The standard InChI is InChI=1S/C10H7ClN4S/c1-15(10-9(11)13-16-14-10)8-4-2-7(6-12)3-5-8/h2-5H,1H3. The van der Waals surface area contributed by atoms with Gasteiger partial charge in [-0.2, -0.15) is 14.0 Å². The molecule has 0 saturated heterocycles. The van der Waals surface area contributed by atoms with Gasteiger partial charge in [-0.15, -0.1) is 0 Å². The number of aromatic nitrogens is 2. The summed E-state index contributed by atoms with van der Waals surface area (Å²) in [5.41, 5.74) is 1.54. The Morgan fingerprint density at radius 1 is 1.31 bits per heavy atom. The van der Waals surface area contributed by atoms with E-state index in [1.165, 1.54) is 0 Å². The Morgan fingerprint density at radius 2 is 2.00 bits per heavy atom. The number of benzene rings is 1. The minimum Gasteiger partial charge on any atom is -0.326 e. The molecule has 16 heavy (non-hydrogen) atoms. The summed E-state index contributed by atoms with van der Waals surface area (Å²) >= 11 is 6.96. The zero-order chi connectivity index (χ0) is 11.5. The summed E-state index contributed by atoms with van der Waals surface area (Å²) in [6.07, 6.45) is 0. The first-order valence-electron chi connectivity index (χ1n) is 4.44. The van der Waals surface area contributed by atoms with Crippen LogP contribution in [0.2, 0.25) is 5.15 Å². The van der Waals surface area contributed by atoms with Gasteiger partial charge in [0.15, 0.2) is 11.0 Å². The van der Waals surface area contributed by atoms with Gasteiger partial charge in [0.1, 0.15) is 0 Å². The topological polar surface area (TPSA) is 52.8 Å². The predicted molar refractivity (Wildman–Crippen MR) is 64.1 cm³/mol. The summed E-state index contributed by atoms with van der Waals surface area (Å²) < 4.78 is 7.99. The molecule has 1 aromatic carbocycles. The fourth-order valence-electron chi connectivity index (χ4n) is 1.25. The molecule has 0 aliphatic rings. The average Bonchev–Trinajstić information content (AvgIpc) is 2.75. The molecule has 0 unspecified atom stereocenters. The van der Waals surface area contributed by atoms with E-state index in [0.29, 0.717) is 16.5 Å². The van der Waals surface area contributed by atoms with Crippen molar-refractivity contribution in [1.29, 1.82) is 5.26 Å². The van der Waals surface area contributed by atoms with Gasteiger partial charge in [-0.3, -0.25) is 0 Å². The van der Waals surface area contributed by atoms with Crippen LogP contribution in [0.1, 0.15) is 5.56 Å². The summed E-state index contributed by atoms with van der Waals surface area (Å²) in [4.78, 5) is 1.83. The maximum Gasteiger partial charge on any atom is 0.187 e. The Kier molecular flexibility index (Phi) is 3.04. The van der Waals surface area contributed by atoms with Gasteiger partial charge in [0.05, 0.1) is 23.4 Å². The third-order valence-electron chi connectivity index (χ3n) is 2.13. The minimum atomic E-state index is 0.386. The summed E-state index contributed by atoms with van der Waals surface area (Å²) in [6, 6.07) is 9.25. The Morgan fingerprint density at radius 3 is 2.50 bits per heavy atom. The van der Waals surface area contributed by atoms with E-state index < -0.39 is 0 Å². The number of halogens is 1. The zero-order valence-electron chi connectivity index (χ0n) is 8.38. The van der Waals surface area contributed by atoms with Crippen LogP contribution in [0.5, 0.6) is 0 Å². The van der Waals surface area contributed by atoms with Gasteiger partial charge in [0.2, 0.25) is 0 Å². The number of rotatable bonds is 2. The molecule has 2 rings (SSSR count). The molecule has 0 spiro atoms. The van der Waals surface area contributed by atoms with Crippen molar-refractivity contribution in [2.75, 3.05) is 11.9 Å². The van der Waals surface area contributed by atoms with Gasteiger partial charge in [-0.1, -0.05) is 11.6 Å². The van der Waals surface area contributed by atoms with Crippen LogP contribution >= 0.6 is 23.3 Å². The SMILES string of the molecule is CN(c1ccc(C#N)cc1)c1nsnc1Cl. The lowest BCUT2D eigenvalue weighted by atomic mass is 10.2. The molecule has 0 amide bonds. The van der Waals surface area contributed by atoms with Gasteiger partial charge in [0.25, 0.3) is 0 Å². The van der Waals surface area contributed by atoms with Gasteiger partial charge in [-0.05, 0) is 24.3 Å². The van der Waals surface area contributed by atoms with Crippen molar-refractivity contribution < 1.29 is 0 Å². The highest BCUT2D eigenvalue weighted by molar-refractivity contribution is 6.99. The van der Waals surface area contributed by atoms with E-state index in [1.54, 1.807) is 12.1 Å². The van der Waals surface area contributed by atoms with Crippen molar-refractivity contribution in [3.05, 3.63) is 35.0 Å². The van der Waals surface area contributed by atoms with Gasteiger partial charge in [-0.25, -0.2) is 0 Å². The van der Waals surface area contributed by atoms with Crippen molar-refractivity contribution in [2.24, 2.45) is 0 Å². The fourth-order valence-corrected chi connectivity index (χ4v) is 2.05. The minimum absolute atomic E-state index is 0.386. The molecule has 0 saturated carbocycles. The molecule has 6 heteroatoms. The van der Waals surface area contributed by atoms with Crippen molar-refractivity contribution in [1.82, 2.24) is 8.75 Å². The van der Waals surface area contributed by atoms with Crippen molar-refractivity contribution in [3.8, 4) is 6.07 Å². The maximum absolute atomic E-state index is 8.69. The molecule has 0 aliphatic carbocycles. The smallest absolute Gasteiger partial charge is 0.187 e. The molecule has 1 heterocycles. The largest absolute Gasteiger partial charge is 0.326 e. The number of nitriles is 1. The summed E-state index contributed by atoms with van der Waals surface area (Å²) in [7, 11) is 1.85. The van der Waals surface area contributed by atoms with E-state index in [2.05, 4.69) is 14.8 Å². The molecule has 0 radical (unpaired) electrons. The average molecular weight is 251 g/mol. The molecule has 80 valence electrons. The fraction of sp³-hybridized carbons (Fsp3) is 0.100. The number of hydrogen-bond donors (Lipinski definition) is 0. The third kappa shape index (κ3) is 1.98. The Bertz CT molecular complexity index is 528. The Balaban J connectivity index is 2.31. The van der Waals surface area contributed by atoms with Gasteiger partial charge in [0, 0.05) is 12.7 Å². The van der Waals surface area contributed by atoms with E-state index in [1.807, 2.05) is 24.1 Å². The van der Waals surface area contributed by atoms with Crippen LogP contribution < -0.4 is 4.90 Å². The number of nitrogens with zero attached hydrogens (tertiary/aromatic N) is 4. The first-order chi connectivity index (χ1) is 7.72. The normalized spacial score (nSPS) is 9.81. The Hall–Kier alpha value is -1.64. The quantitative estimate of drug-likeness (QED) is 0.822. The van der Waals surface area contributed by atoms with E-state index in [9.17, 15) is 0 Å². The second-order valence-corrected chi connectivity index (χ2v) is 3.98. The van der Waals surface area contributed by atoms with Gasteiger partial charge >= 0.3 is 0 Å². The highest BCUT2D eigenvalue weighted by atomic mass is 35.5. The van der Waals surface area contributed by atoms with Crippen LogP contribution in [0.3, 0.4) is 0 Å². The molecular weight excluding hydrogens is 244 g/mol. The first-order valence-corrected chi connectivity index (χ1v) is 5.55. The molecule has 0 aliphatic heterocycles. The molecule has 4 nitrogen and oxygen atoms in total. The van der Waals surface area contributed by atoms with E-state index in [4.69, 9.17) is 16.9 Å². The zero-order valence-corrected chi connectivity index (χ0v) is 9.96. The van der Waals surface area contributed by atoms with Crippen LogP contribution in [-0.4, -0.2) is 15.8 Å². The molecule has 1 aromatic heterocycles. The highest BCUT2D eigenvalue weighted by Gasteiger charge is 2.12. The molecule has 0 N–H and O–H groups in total. The van der Waals surface area contributed by atoms with Crippen LogP contribution in [0.4, 0.5) is 11.5 Å². The van der Waals surface area contributed by atoms with E-state index in [0.717, 1.165) is 17.4 Å². The molecule has 0 bridgehead atoms. The monoisotopic (exact) mass is 250 g/mol. The molecule has 0 fully saturated rings. The summed E-state index contributed by atoms with van der Waals surface area (Å²) in [5.74, 6) is 0.622. The number of hydrogen-bond acceptors (Lipinski definition) is 5. The lowest BCUT2D eigenvalue weighted by Crippen LogP contribution is -2.09. The lowest BCUT2D eigenvalue weighted by Gasteiger charge is -2.15. The first kappa shape index (κ1) is 10.9. The van der Waals surface area contributed by atoms with Gasteiger partial charge < -0.3 is 4.90 Å². The Labute approximate surface area is 102 Å². The van der Waals surface area contributed by atoms with Crippen LogP contribution in [0.25, 0.3) is 0 Å². The molecular formula is C10H7ClN4S. The van der Waals surface area contributed by atoms with Crippen LogP contribution in [0.15, 0.2) is 24.3 Å². The molecule has 0 atom stereocenters. The lowest BCUT2D eigenvalue weighted by molar-refractivity contribution is 1.17. The highest BCUT2D eigenvalue weighted by Crippen LogP contribution is 2.28. The maximum atomic E-state index is 8.69. The van der Waals surface area contributed by atoms with Crippen molar-refractivity contribution >= 4 is 34.8 Å². The number of anilines is 2. The third-order valence-corrected chi connectivity index (χ3v) is 3.01. The molecule has 2 aromatic rings.